The summed E-state index contributed by atoms with van der Waals surface area (Å²) in [5.41, 5.74) is 5.18. The standard InChI is InChI=1S/C20H27N5O/c26-20-11-15-5-3-7-18(15)22-25(20)14-17-6-4-9-23(17)13-16-12-21-24-10-2-1-8-19(16)24/h11-12,17H,1-10,13-14H2. The lowest BCUT2D eigenvalue weighted by atomic mass is 10.1. The van der Waals surface area contributed by atoms with Crippen LogP contribution in [-0.2, 0) is 38.9 Å². The minimum Gasteiger partial charge on any atom is -0.294 e. The van der Waals surface area contributed by atoms with E-state index in [1.807, 2.05) is 6.07 Å². The molecule has 0 amide bonds. The largest absolute Gasteiger partial charge is 0.294 e. The third kappa shape index (κ3) is 2.90. The molecule has 1 unspecified atom stereocenters. The molecule has 6 nitrogen and oxygen atoms in total. The molecule has 0 saturated carbocycles. The summed E-state index contributed by atoms with van der Waals surface area (Å²) in [4.78, 5) is 15.0. The highest BCUT2D eigenvalue weighted by Crippen LogP contribution is 2.25. The maximum absolute atomic E-state index is 12.5. The summed E-state index contributed by atoms with van der Waals surface area (Å²) in [5, 5.41) is 9.26. The first-order chi connectivity index (χ1) is 12.8. The molecular formula is C20H27N5O. The zero-order valence-corrected chi connectivity index (χ0v) is 15.4. The van der Waals surface area contributed by atoms with E-state index >= 15 is 0 Å². The first kappa shape index (κ1) is 16.2. The first-order valence-corrected chi connectivity index (χ1v) is 10.2. The van der Waals surface area contributed by atoms with Gasteiger partial charge in [-0.05, 0) is 63.5 Å². The van der Waals surface area contributed by atoms with Crippen LogP contribution in [0.25, 0.3) is 0 Å². The summed E-state index contributed by atoms with van der Waals surface area (Å²) in [6.45, 7) is 3.84. The Bertz CT molecular complexity index is 868. The predicted molar refractivity (Wildman–Crippen MR) is 99.1 cm³/mol. The first-order valence-electron chi connectivity index (χ1n) is 10.2. The third-order valence-corrected chi connectivity index (χ3v) is 6.35. The average molecular weight is 353 g/mol. The zero-order chi connectivity index (χ0) is 17.5. The fourth-order valence-corrected chi connectivity index (χ4v) is 4.92. The van der Waals surface area contributed by atoms with Gasteiger partial charge in [0.2, 0.25) is 0 Å². The van der Waals surface area contributed by atoms with Crippen LogP contribution in [0.3, 0.4) is 0 Å². The Balaban J connectivity index is 1.33. The summed E-state index contributed by atoms with van der Waals surface area (Å²) in [7, 11) is 0. The predicted octanol–water partition coefficient (Wildman–Crippen LogP) is 1.93. The lowest BCUT2D eigenvalue weighted by Crippen LogP contribution is -2.37. The Kier molecular flexibility index (Phi) is 4.15. The van der Waals surface area contributed by atoms with Crippen LogP contribution in [0.15, 0.2) is 17.1 Å². The van der Waals surface area contributed by atoms with Gasteiger partial charge in [-0.1, -0.05) is 0 Å². The van der Waals surface area contributed by atoms with Gasteiger partial charge in [0.25, 0.3) is 5.56 Å². The van der Waals surface area contributed by atoms with Crippen LogP contribution >= 0.6 is 0 Å². The number of aromatic nitrogens is 4. The smallest absolute Gasteiger partial charge is 0.267 e. The van der Waals surface area contributed by atoms with E-state index in [1.54, 1.807) is 4.68 Å². The van der Waals surface area contributed by atoms with Crippen molar-refractivity contribution in [2.45, 2.75) is 77.0 Å². The van der Waals surface area contributed by atoms with Gasteiger partial charge in [0, 0.05) is 36.5 Å². The van der Waals surface area contributed by atoms with E-state index in [1.165, 1.54) is 36.1 Å². The second-order valence-corrected chi connectivity index (χ2v) is 8.05. The number of hydrogen-bond donors (Lipinski definition) is 0. The van der Waals surface area contributed by atoms with Crippen LogP contribution in [0.5, 0.6) is 0 Å². The minimum atomic E-state index is 0.0698. The topological polar surface area (TPSA) is 56.0 Å². The van der Waals surface area contributed by atoms with Crippen molar-refractivity contribution in [2.75, 3.05) is 6.54 Å². The van der Waals surface area contributed by atoms with Crippen LogP contribution < -0.4 is 5.56 Å². The van der Waals surface area contributed by atoms with Gasteiger partial charge in [-0.2, -0.15) is 10.2 Å². The Labute approximate surface area is 153 Å². The number of nitrogens with zero attached hydrogens (tertiary/aromatic N) is 5. The molecule has 6 heteroatoms. The van der Waals surface area contributed by atoms with Crippen LogP contribution in [0.4, 0.5) is 0 Å². The summed E-state index contributed by atoms with van der Waals surface area (Å²) in [6.07, 6.45) is 11.3. The van der Waals surface area contributed by atoms with Crippen LogP contribution in [0.2, 0.25) is 0 Å². The molecule has 4 heterocycles. The maximum atomic E-state index is 12.5. The Hall–Kier alpha value is -1.95. The van der Waals surface area contributed by atoms with E-state index in [2.05, 4.69) is 26.0 Å². The Morgan fingerprint density at radius 1 is 1.08 bits per heavy atom. The molecule has 3 aliphatic rings. The van der Waals surface area contributed by atoms with Gasteiger partial charge in [0.1, 0.15) is 0 Å². The van der Waals surface area contributed by atoms with E-state index < -0.39 is 0 Å². The van der Waals surface area contributed by atoms with Crippen molar-refractivity contribution in [2.24, 2.45) is 0 Å². The minimum absolute atomic E-state index is 0.0698. The molecule has 0 aromatic carbocycles. The fourth-order valence-electron chi connectivity index (χ4n) is 4.92. The zero-order valence-electron chi connectivity index (χ0n) is 15.4. The molecule has 1 atom stereocenters. The lowest BCUT2D eigenvalue weighted by Gasteiger charge is -2.25. The van der Waals surface area contributed by atoms with Gasteiger partial charge in [-0.25, -0.2) is 4.68 Å². The summed E-state index contributed by atoms with van der Waals surface area (Å²) in [5.74, 6) is 0. The Morgan fingerprint density at radius 3 is 3.00 bits per heavy atom. The molecule has 1 aliphatic carbocycles. The summed E-state index contributed by atoms with van der Waals surface area (Å²) in [6, 6.07) is 2.22. The number of rotatable bonds is 4. The van der Waals surface area contributed by atoms with Crippen molar-refractivity contribution in [1.29, 1.82) is 0 Å². The third-order valence-electron chi connectivity index (χ3n) is 6.35. The quantitative estimate of drug-likeness (QED) is 0.843. The van der Waals surface area contributed by atoms with Gasteiger partial charge in [-0.3, -0.25) is 14.4 Å². The maximum Gasteiger partial charge on any atom is 0.267 e. The molecule has 2 aliphatic heterocycles. The van der Waals surface area contributed by atoms with Gasteiger partial charge >= 0.3 is 0 Å². The second kappa shape index (κ2) is 6.65. The van der Waals surface area contributed by atoms with Crippen molar-refractivity contribution in [3.05, 3.63) is 45.1 Å². The highest BCUT2D eigenvalue weighted by Gasteiger charge is 2.28. The summed E-state index contributed by atoms with van der Waals surface area (Å²) >= 11 is 0. The van der Waals surface area contributed by atoms with Crippen molar-refractivity contribution in [1.82, 2.24) is 24.5 Å². The average Bonchev–Trinajstić information content (AvgIpc) is 3.37. The van der Waals surface area contributed by atoms with E-state index in [0.717, 1.165) is 64.0 Å². The van der Waals surface area contributed by atoms with Crippen LogP contribution in [0.1, 0.15) is 54.6 Å². The fraction of sp³-hybridized carbons (Fsp3) is 0.650. The van der Waals surface area contributed by atoms with Gasteiger partial charge in [0.05, 0.1) is 18.4 Å². The van der Waals surface area contributed by atoms with Crippen molar-refractivity contribution in [3.8, 4) is 0 Å². The van der Waals surface area contributed by atoms with Crippen LogP contribution in [-0.4, -0.2) is 37.0 Å². The van der Waals surface area contributed by atoms with Gasteiger partial charge < -0.3 is 0 Å². The molecule has 2 aromatic rings. The molecule has 0 radical (unpaired) electrons. The molecule has 1 saturated heterocycles. The molecule has 1 fully saturated rings. The van der Waals surface area contributed by atoms with Crippen molar-refractivity contribution < 1.29 is 0 Å². The molecule has 0 spiro atoms. The number of fused-ring (bicyclic) bond motifs is 2. The lowest BCUT2D eigenvalue weighted by molar-refractivity contribution is 0.215. The van der Waals surface area contributed by atoms with E-state index in [4.69, 9.17) is 0 Å². The van der Waals surface area contributed by atoms with E-state index in [9.17, 15) is 4.79 Å². The highest BCUT2D eigenvalue weighted by molar-refractivity contribution is 5.22. The Morgan fingerprint density at radius 2 is 2.04 bits per heavy atom. The molecule has 26 heavy (non-hydrogen) atoms. The molecular weight excluding hydrogens is 326 g/mol. The molecule has 2 aromatic heterocycles. The normalized spacial score (nSPS) is 22.5. The molecule has 138 valence electrons. The molecule has 0 bridgehead atoms. The van der Waals surface area contributed by atoms with E-state index in [-0.39, 0.29) is 5.56 Å². The van der Waals surface area contributed by atoms with E-state index in [0.29, 0.717) is 6.04 Å². The van der Waals surface area contributed by atoms with Gasteiger partial charge in [-0.15, -0.1) is 0 Å². The number of aryl methyl sites for hydroxylation is 3. The van der Waals surface area contributed by atoms with Crippen molar-refractivity contribution >= 4 is 0 Å². The van der Waals surface area contributed by atoms with Gasteiger partial charge in [0.15, 0.2) is 0 Å². The number of hydrogen-bond acceptors (Lipinski definition) is 4. The molecule has 5 rings (SSSR count). The summed E-state index contributed by atoms with van der Waals surface area (Å²) < 4.78 is 3.91. The molecule has 0 N–H and O–H groups in total. The second-order valence-electron chi connectivity index (χ2n) is 8.05. The van der Waals surface area contributed by atoms with Crippen LogP contribution in [0, 0.1) is 0 Å². The SMILES string of the molecule is O=c1cc2c(nn1CC1CCCN1Cc1cnn3c1CCCC3)CCC2. The van der Waals surface area contributed by atoms with Crippen molar-refractivity contribution in [3.63, 3.8) is 0 Å². The monoisotopic (exact) mass is 353 g/mol. The highest BCUT2D eigenvalue weighted by atomic mass is 16.1. The number of likely N-dealkylation sites (tertiary alicyclic amines) is 1.